The quantitative estimate of drug-likeness (QED) is 0.782. The summed E-state index contributed by atoms with van der Waals surface area (Å²) in [6, 6.07) is 15.9. The SMILES string of the molecule is CCc1ccc(Oc2ccccc2)cc1Br. The van der Waals surface area contributed by atoms with Crippen LogP contribution in [0.5, 0.6) is 11.5 Å². The minimum absolute atomic E-state index is 0.857. The first kappa shape index (κ1) is 11.2. The average Bonchev–Trinajstić information content (AvgIpc) is 2.31. The van der Waals surface area contributed by atoms with Gasteiger partial charge in [-0.3, -0.25) is 0 Å². The second-order valence-electron chi connectivity index (χ2n) is 3.52. The molecule has 0 saturated carbocycles. The molecule has 0 aliphatic rings. The second-order valence-corrected chi connectivity index (χ2v) is 4.38. The predicted octanol–water partition coefficient (Wildman–Crippen LogP) is 4.80. The predicted molar refractivity (Wildman–Crippen MR) is 70.0 cm³/mol. The molecule has 0 aromatic heterocycles. The van der Waals surface area contributed by atoms with Gasteiger partial charge >= 0.3 is 0 Å². The molecular weight excluding hydrogens is 264 g/mol. The fourth-order valence-electron chi connectivity index (χ4n) is 1.50. The summed E-state index contributed by atoms with van der Waals surface area (Å²) < 4.78 is 6.83. The van der Waals surface area contributed by atoms with Crippen LogP contribution in [0.1, 0.15) is 12.5 Å². The molecule has 1 nitrogen and oxygen atoms in total. The van der Waals surface area contributed by atoms with Crippen LogP contribution in [-0.4, -0.2) is 0 Å². The molecule has 0 amide bonds. The maximum atomic E-state index is 5.73. The molecule has 2 rings (SSSR count). The molecule has 0 fully saturated rings. The summed E-state index contributed by atoms with van der Waals surface area (Å²) in [6.07, 6.45) is 1.02. The Bertz CT molecular complexity index is 465. The third kappa shape index (κ3) is 2.64. The minimum Gasteiger partial charge on any atom is -0.457 e. The molecule has 0 aliphatic heterocycles. The van der Waals surface area contributed by atoms with Crippen molar-refractivity contribution in [2.24, 2.45) is 0 Å². The summed E-state index contributed by atoms with van der Waals surface area (Å²) in [7, 11) is 0. The van der Waals surface area contributed by atoms with Crippen molar-refractivity contribution in [3.05, 3.63) is 58.6 Å². The largest absolute Gasteiger partial charge is 0.457 e. The van der Waals surface area contributed by atoms with E-state index in [0.29, 0.717) is 0 Å². The maximum absolute atomic E-state index is 5.73. The van der Waals surface area contributed by atoms with Crippen molar-refractivity contribution in [1.29, 1.82) is 0 Å². The molecule has 2 aromatic rings. The van der Waals surface area contributed by atoms with E-state index in [0.717, 1.165) is 22.4 Å². The van der Waals surface area contributed by atoms with E-state index in [1.54, 1.807) is 0 Å². The highest BCUT2D eigenvalue weighted by Crippen LogP contribution is 2.27. The molecular formula is C14H13BrO. The van der Waals surface area contributed by atoms with E-state index in [1.165, 1.54) is 5.56 Å². The van der Waals surface area contributed by atoms with Crippen LogP contribution in [0.15, 0.2) is 53.0 Å². The molecule has 0 heterocycles. The Morgan fingerprint density at radius 1 is 1.00 bits per heavy atom. The topological polar surface area (TPSA) is 9.23 Å². The van der Waals surface area contributed by atoms with Gasteiger partial charge in [-0.05, 0) is 36.2 Å². The van der Waals surface area contributed by atoms with Crippen molar-refractivity contribution >= 4 is 15.9 Å². The molecule has 0 spiro atoms. The number of benzene rings is 2. The van der Waals surface area contributed by atoms with Crippen LogP contribution in [-0.2, 0) is 6.42 Å². The van der Waals surface area contributed by atoms with E-state index in [1.807, 2.05) is 42.5 Å². The summed E-state index contributed by atoms with van der Waals surface area (Å²) in [5.74, 6) is 1.72. The number of aryl methyl sites for hydroxylation is 1. The highest BCUT2D eigenvalue weighted by atomic mass is 79.9. The Kier molecular flexibility index (Phi) is 3.62. The van der Waals surface area contributed by atoms with Gasteiger partial charge < -0.3 is 4.74 Å². The number of ether oxygens (including phenoxy) is 1. The van der Waals surface area contributed by atoms with Crippen molar-refractivity contribution in [3.63, 3.8) is 0 Å². The number of para-hydroxylation sites is 1. The highest BCUT2D eigenvalue weighted by Gasteiger charge is 2.01. The fraction of sp³-hybridized carbons (Fsp3) is 0.143. The zero-order chi connectivity index (χ0) is 11.4. The standard InChI is InChI=1S/C14H13BrO/c1-2-11-8-9-13(10-14(11)15)16-12-6-4-3-5-7-12/h3-10H,2H2,1H3. The number of rotatable bonds is 3. The summed E-state index contributed by atoms with van der Waals surface area (Å²) in [5.41, 5.74) is 1.29. The van der Waals surface area contributed by atoms with E-state index in [2.05, 4.69) is 28.9 Å². The van der Waals surface area contributed by atoms with Crippen molar-refractivity contribution in [3.8, 4) is 11.5 Å². The fourth-order valence-corrected chi connectivity index (χ4v) is 2.14. The average molecular weight is 277 g/mol. The van der Waals surface area contributed by atoms with Gasteiger partial charge in [0.2, 0.25) is 0 Å². The minimum atomic E-state index is 0.857. The van der Waals surface area contributed by atoms with Gasteiger partial charge in [0.05, 0.1) is 0 Å². The second kappa shape index (κ2) is 5.17. The number of hydrogen-bond donors (Lipinski definition) is 0. The Labute approximate surface area is 104 Å². The molecule has 0 radical (unpaired) electrons. The van der Waals surface area contributed by atoms with Crippen LogP contribution >= 0.6 is 15.9 Å². The number of halogens is 1. The van der Waals surface area contributed by atoms with Crippen molar-refractivity contribution in [2.75, 3.05) is 0 Å². The first-order valence-electron chi connectivity index (χ1n) is 5.31. The van der Waals surface area contributed by atoms with Gasteiger partial charge in [0.25, 0.3) is 0 Å². The van der Waals surface area contributed by atoms with E-state index in [-0.39, 0.29) is 0 Å². The molecule has 0 aliphatic carbocycles. The molecule has 0 bridgehead atoms. The molecule has 0 saturated heterocycles. The van der Waals surface area contributed by atoms with Crippen LogP contribution < -0.4 is 4.74 Å². The highest BCUT2D eigenvalue weighted by molar-refractivity contribution is 9.10. The lowest BCUT2D eigenvalue weighted by molar-refractivity contribution is 0.482. The van der Waals surface area contributed by atoms with Crippen molar-refractivity contribution in [2.45, 2.75) is 13.3 Å². The lowest BCUT2D eigenvalue weighted by Crippen LogP contribution is -1.86. The first-order valence-corrected chi connectivity index (χ1v) is 6.10. The lowest BCUT2D eigenvalue weighted by Gasteiger charge is -2.07. The van der Waals surface area contributed by atoms with Gasteiger partial charge in [0.15, 0.2) is 0 Å². The zero-order valence-electron chi connectivity index (χ0n) is 9.11. The smallest absolute Gasteiger partial charge is 0.128 e. The van der Waals surface area contributed by atoms with Crippen molar-refractivity contribution < 1.29 is 4.74 Å². The van der Waals surface area contributed by atoms with Gasteiger partial charge in [-0.1, -0.05) is 47.1 Å². The van der Waals surface area contributed by atoms with E-state index in [4.69, 9.17) is 4.74 Å². The molecule has 2 heteroatoms. The summed E-state index contributed by atoms with van der Waals surface area (Å²) in [6.45, 7) is 2.14. The monoisotopic (exact) mass is 276 g/mol. The summed E-state index contributed by atoms with van der Waals surface area (Å²) in [5, 5.41) is 0. The summed E-state index contributed by atoms with van der Waals surface area (Å²) in [4.78, 5) is 0. The van der Waals surface area contributed by atoms with Crippen LogP contribution in [0.3, 0.4) is 0 Å². The third-order valence-corrected chi connectivity index (χ3v) is 3.12. The number of hydrogen-bond acceptors (Lipinski definition) is 1. The van der Waals surface area contributed by atoms with Gasteiger partial charge in [-0.15, -0.1) is 0 Å². The van der Waals surface area contributed by atoms with E-state index < -0.39 is 0 Å². The Morgan fingerprint density at radius 2 is 1.75 bits per heavy atom. The lowest BCUT2D eigenvalue weighted by atomic mass is 10.2. The van der Waals surface area contributed by atoms with Gasteiger partial charge in [-0.2, -0.15) is 0 Å². The van der Waals surface area contributed by atoms with E-state index >= 15 is 0 Å². The molecule has 0 N–H and O–H groups in total. The van der Waals surface area contributed by atoms with Crippen LogP contribution in [0.2, 0.25) is 0 Å². The molecule has 2 aromatic carbocycles. The molecule has 0 atom stereocenters. The van der Waals surface area contributed by atoms with Crippen LogP contribution in [0.4, 0.5) is 0 Å². The normalized spacial score (nSPS) is 10.1. The molecule has 0 unspecified atom stereocenters. The Balaban J connectivity index is 2.20. The van der Waals surface area contributed by atoms with Crippen LogP contribution in [0, 0.1) is 0 Å². The molecule has 16 heavy (non-hydrogen) atoms. The summed E-state index contributed by atoms with van der Waals surface area (Å²) >= 11 is 3.54. The third-order valence-electron chi connectivity index (χ3n) is 2.38. The zero-order valence-corrected chi connectivity index (χ0v) is 10.7. The maximum Gasteiger partial charge on any atom is 0.128 e. The van der Waals surface area contributed by atoms with Crippen LogP contribution in [0.25, 0.3) is 0 Å². The first-order chi connectivity index (χ1) is 7.79. The Morgan fingerprint density at radius 3 is 2.38 bits per heavy atom. The van der Waals surface area contributed by atoms with E-state index in [9.17, 15) is 0 Å². The van der Waals surface area contributed by atoms with Gasteiger partial charge in [0, 0.05) is 4.47 Å². The van der Waals surface area contributed by atoms with Gasteiger partial charge in [-0.25, -0.2) is 0 Å². The molecule has 82 valence electrons. The van der Waals surface area contributed by atoms with Crippen molar-refractivity contribution in [1.82, 2.24) is 0 Å². The Hall–Kier alpha value is -1.28. The van der Waals surface area contributed by atoms with Gasteiger partial charge in [0.1, 0.15) is 11.5 Å².